The molecule has 2 aromatic carbocycles. The van der Waals surface area contributed by atoms with Crippen molar-refractivity contribution >= 4 is 27.9 Å². The Balaban J connectivity index is 1.37. The third kappa shape index (κ3) is 4.16. The number of amidine groups is 1. The van der Waals surface area contributed by atoms with Gasteiger partial charge in [-0.25, -0.2) is 4.79 Å². The number of benzene rings is 2. The predicted octanol–water partition coefficient (Wildman–Crippen LogP) is 4.29. The molecule has 0 aliphatic carbocycles. The largest absolute Gasteiger partial charge is 0.445 e. The van der Waals surface area contributed by atoms with Crippen LogP contribution in [0, 0.1) is 0 Å². The van der Waals surface area contributed by atoms with Gasteiger partial charge in [0.15, 0.2) is 0 Å². The summed E-state index contributed by atoms with van der Waals surface area (Å²) in [5.41, 5.74) is 2.20. The first-order chi connectivity index (χ1) is 13.2. The van der Waals surface area contributed by atoms with Crippen LogP contribution >= 0.6 is 15.9 Å². The lowest BCUT2D eigenvalue weighted by Gasteiger charge is -2.25. The number of halogens is 1. The normalized spacial score (nSPS) is 21.7. The van der Waals surface area contributed by atoms with Crippen molar-refractivity contribution in [2.45, 2.75) is 31.5 Å². The molecule has 6 heteroatoms. The minimum absolute atomic E-state index is 0.0197. The maximum Gasteiger partial charge on any atom is 0.410 e. The van der Waals surface area contributed by atoms with Crippen LogP contribution in [0.5, 0.6) is 0 Å². The predicted molar refractivity (Wildman–Crippen MR) is 109 cm³/mol. The van der Waals surface area contributed by atoms with E-state index in [9.17, 15) is 4.79 Å². The van der Waals surface area contributed by atoms with E-state index in [0.29, 0.717) is 19.7 Å². The van der Waals surface area contributed by atoms with E-state index in [0.717, 1.165) is 28.7 Å². The average molecular weight is 428 g/mol. The van der Waals surface area contributed by atoms with Crippen LogP contribution in [0.25, 0.3) is 0 Å². The van der Waals surface area contributed by atoms with Gasteiger partial charge in [-0.3, -0.25) is 9.89 Å². The van der Waals surface area contributed by atoms with Crippen LogP contribution in [-0.2, 0) is 11.3 Å². The Morgan fingerprint density at radius 1 is 1.19 bits per heavy atom. The number of hydrogen-bond acceptors (Lipinski definition) is 4. The first-order valence-electron chi connectivity index (χ1n) is 9.24. The smallest absolute Gasteiger partial charge is 0.410 e. The first-order valence-corrected chi connectivity index (χ1v) is 10.0. The highest BCUT2D eigenvalue weighted by Crippen LogP contribution is 2.25. The second-order valence-electron chi connectivity index (χ2n) is 6.87. The number of nitrogens with zero attached hydrogens (tertiary/aromatic N) is 2. The summed E-state index contributed by atoms with van der Waals surface area (Å²) in [6.07, 6.45) is 1.62. The summed E-state index contributed by atoms with van der Waals surface area (Å²) >= 11 is 3.47. The maximum atomic E-state index is 12.6. The molecule has 1 fully saturated rings. The average Bonchev–Trinajstić information content (AvgIpc) is 3.37. The molecular formula is C21H22BrN3O2. The fourth-order valence-corrected chi connectivity index (χ4v) is 3.88. The molecule has 0 aromatic heterocycles. The zero-order valence-corrected chi connectivity index (χ0v) is 16.6. The van der Waals surface area contributed by atoms with Crippen molar-refractivity contribution in [3.8, 4) is 0 Å². The van der Waals surface area contributed by atoms with E-state index < -0.39 is 0 Å². The van der Waals surface area contributed by atoms with Crippen molar-refractivity contribution in [1.29, 1.82) is 0 Å². The molecule has 5 nitrogen and oxygen atoms in total. The Bertz CT molecular complexity index is 823. The molecule has 1 N–H and O–H groups in total. The Labute approximate surface area is 167 Å². The maximum absolute atomic E-state index is 12.6. The molecule has 1 amide bonds. The molecule has 2 atom stereocenters. The monoisotopic (exact) mass is 427 g/mol. The number of carbonyl (C=O) groups is 1. The third-order valence-corrected chi connectivity index (χ3v) is 5.58. The number of amides is 1. The van der Waals surface area contributed by atoms with E-state index in [2.05, 4.69) is 33.4 Å². The van der Waals surface area contributed by atoms with Crippen molar-refractivity contribution in [2.75, 3.05) is 13.1 Å². The third-order valence-electron chi connectivity index (χ3n) is 5.05. The fourth-order valence-electron chi connectivity index (χ4n) is 3.62. The summed E-state index contributed by atoms with van der Waals surface area (Å²) < 4.78 is 6.59. The molecule has 4 rings (SSSR count). The summed E-state index contributed by atoms with van der Waals surface area (Å²) in [7, 11) is 0. The second kappa shape index (κ2) is 8.13. The molecule has 0 spiro atoms. The van der Waals surface area contributed by atoms with Crippen molar-refractivity contribution in [3.63, 3.8) is 0 Å². The topological polar surface area (TPSA) is 53.9 Å². The van der Waals surface area contributed by atoms with Gasteiger partial charge in [0.1, 0.15) is 12.4 Å². The number of hydrogen-bond donors (Lipinski definition) is 1. The van der Waals surface area contributed by atoms with Crippen LogP contribution in [0.15, 0.2) is 64.1 Å². The zero-order chi connectivity index (χ0) is 18.6. The van der Waals surface area contributed by atoms with E-state index in [-0.39, 0.29) is 18.2 Å². The van der Waals surface area contributed by atoms with E-state index in [1.54, 1.807) is 4.90 Å². The molecule has 0 saturated carbocycles. The number of carbonyl (C=O) groups excluding carboxylic acids is 1. The Morgan fingerprint density at radius 2 is 1.96 bits per heavy atom. The Hall–Kier alpha value is -2.34. The number of aliphatic imine (C=N–C) groups is 1. The van der Waals surface area contributed by atoms with Crippen molar-refractivity contribution < 1.29 is 9.53 Å². The van der Waals surface area contributed by atoms with Crippen molar-refractivity contribution in [1.82, 2.24) is 10.2 Å². The molecule has 2 heterocycles. The lowest BCUT2D eigenvalue weighted by atomic mass is 10.1. The second-order valence-corrected chi connectivity index (χ2v) is 7.78. The number of rotatable bonds is 4. The summed E-state index contributed by atoms with van der Waals surface area (Å²) in [5, 5.41) is 3.51. The van der Waals surface area contributed by atoms with Gasteiger partial charge in [-0.2, -0.15) is 0 Å². The lowest BCUT2D eigenvalue weighted by Crippen LogP contribution is -2.45. The molecule has 2 aliphatic rings. The molecule has 1 saturated heterocycles. The highest BCUT2D eigenvalue weighted by Gasteiger charge is 2.36. The lowest BCUT2D eigenvalue weighted by molar-refractivity contribution is 0.0990. The van der Waals surface area contributed by atoms with Gasteiger partial charge in [-0.1, -0.05) is 58.4 Å². The number of ether oxygens (including phenoxy) is 1. The fraction of sp³-hybridized carbons (Fsp3) is 0.333. The van der Waals surface area contributed by atoms with E-state index >= 15 is 0 Å². The molecule has 2 aromatic rings. The molecule has 140 valence electrons. The molecule has 27 heavy (non-hydrogen) atoms. The minimum atomic E-state index is -0.266. The summed E-state index contributed by atoms with van der Waals surface area (Å²) in [6, 6.07) is 18.2. The van der Waals surface area contributed by atoms with E-state index in [1.165, 1.54) is 5.56 Å². The minimum Gasteiger partial charge on any atom is -0.445 e. The molecule has 1 unspecified atom stereocenters. The van der Waals surface area contributed by atoms with Crippen molar-refractivity contribution in [3.05, 3.63) is 70.2 Å². The Kier molecular flexibility index (Phi) is 5.43. The number of nitrogens with one attached hydrogen (secondary N) is 1. The van der Waals surface area contributed by atoms with Gasteiger partial charge in [0.2, 0.25) is 0 Å². The molecule has 2 aliphatic heterocycles. The zero-order valence-electron chi connectivity index (χ0n) is 15.0. The van der Waals surface area contributed by atoms with Crippen LogP contribution in [0.2, 0.25) is 0 Å². The van der Waals surface area contributed by atoms with Gasteiger partial charge in [0.25, 0.3) is 0 Å². The van der Waals surface area contributed by atoms with Gasteiger partial charge in [-0.05, 0) is 36.1 Å². The van der Waals surface area contributed by atoms with Crippen LogP contribution in [0.1, 0.15) is 30.0 Å². The van der Waals surface area contributed by atoms with Crippen LogP contribution in [0.3, 0.4) is 0 Å². The SMILES string of the molecule is O=C(OCc1ccccc1)N1CCC[C@@H]1C1=NCC(c2ccc(Br)cc2)N1. The molecule has 0 bridgehead atoms. The van der Waals surface area contributed by atoms with Gasteiger partial charge in [0, 0.05) is 11.0 Å². The summed E-state index contributed by atoms with van der Waals surface area (Å²) in [6.45, 7) is 1.70. The Morgan fingerprint density at radius 3 is 2.74 bits per heavy atom. The molecule has 0 radical (unpaired) electrons. The van der Waals surface area contributed by atoms with Gasteiger partial charge >= 0.3 is 6.09 Å². The van der Waals surface area contributed by atoms with E-state index in [4.69, 9.17) is 9.73 Å². The quantitative estimate of drug-likeness (QED) is 0.791. The van der Waals surface area contributed by atoms with Crippen LogP contribution < -0.4 is 5.32 Å². The first kappa shape index (κ1) is 18.0. The van der Waals surface area contributed by atoms with Crippen LogP contribution in [-0.4, -0.2) is 36.0 Å². The van der Waals surface area contributed by atoms with Crippen molar-refractivity contribution in [2.24, 2.45) is 4.99 Å². The van der Waals surface area contributed by atoms with Gasteiger partial charge in [-0.15, -0.1) is 0 Å². The molecular weight excluding hydrogens is 406 g/mol. The highest BCUT2D eigenvalue weighted by atomic mass is 79.9. The summed E-state index contributed by atoms with van der Waals surface area (Å²) in [5.74, 6) is 0.900. The standard InChI is InChI=1S/C21H22BrN3O2/c22-17-10-8-16(9-11-17)18-13-23-20(24-18)19-7-4-12-25(19)21(26)27-14-15-5-2-1-3-6-15/h1-3,5-6,8-11,18-19H,4,7,12-14H2,(H,23,24)/t18?,19-/m1/s1. The van der Waals surface area contributed by atoms with E-state index in [1.807, 2.05) is 42.5 Å². The highest BCUT2D eigenvalue weighted by molar-refractivity contribution is 9.10. The van der Waals surface area contributed by atoms with Gasteiger partial charge < -0.3 is 10.1 Å². The van der Waals surface area contributed by atoms with Crippen LogP contribution in [0.4, 0.5) is 4.79 Å². The number of likely N-dealkylation sites (tertiary alicyclic amines) is 1. The van der Waals surface area contributed by atoms with Gasteiger partial charge in [0.05, 0.1) is 18.6 Å². The summed E-state index contributed by atoms with van der Waals surface area (Å²) in [4.78, 5) is 19.1.